The molecule has 110 valence electrons. The van der Waals surface area contributed by atoms with E-state index in [1.54, 1.807) is 0 Å². The number of benzene rings is 1. The van der Waals surface area contributed by atoms with Gasteiger partial charge in [0.05, 0.1) is 21.0 Å². The number of nitro groups is 1. The van der Waals surface area contributed by atoms with Crippen LogP contribution in [0.1, 0.15) is 22.9 Å². The van der Waals surface area contributed by atoms with Crippen LogP contribution in [0.3, 0.4) is 0 Å². The van der Waals surface area contributed by atoms with Crippen LogP contribution in [-0.2, 0) is 6.42 Å². The molecule has 1 aliphatic carbocycles. The number of thiophene rings is 1. The highest BCUT2D eigenvalue weighted by Crippen LogP contribution is 2.41. The molecule has 0 saturated heterocycles. The van der Waals surface area contributed by atoms with E-state index < -0.39 is 22.2 Å². The molecule has 1 heterocycles. The van der Waals surface area contributed by atoms with Crippen molar-refractivity contribution >= 4 is 34.3 Å². The van der Waals surface area contributed by atoms with Crippen molar-refractivity contribution in [2.24, 2.45) is 0 Å². The van der Waals surface area contributed by atoms with Crippen LogP contribution in [0.5, 0.6) is 0 Å². The molecule has 0 spiro atoms. The van der Waals surface area contributed by atoms with Gasteiger partial charge in [0.25, 0.3) is 0 Å². The van der Waals surface area contributed by atoms with Crippen LogP contribution in [0, 0.1) is 21.7 Å². The van der Waals surface area contributed by atoms with Gasteiger partial charge in [0.1, 0.15) is 5.82 Å². The molecule has 4 nitrogen and oxygen atoms in total. The van der Waals surface area contributed by atoms with Gasteiger partial charge in [-0.2, -0.15) is 4.39 Å². The van der Waals surface area contributed by atoms with Crippen LogP contribution in [0.15, 0.2) is 18.2 Å². The first-order chi connectivity index (χ1) is 9.95. The normalized spacial score (nSPS) is 16.8. The number of nitrogens with one attached hydrogen (secondary N) is 1. The van der Waals surface area contributed by atoms with Crippen molar-refractivity contribution in [3.8, 4) is 0 Å². The van der Waals surface area contributed by atoms with Gasteiger partial charge in [0.15, 0.2) is 0 Å². The molecule has 21 heavy (non-hydrogen) atoms. The largest absolute Gasteiger partial charge is 0.376 e. The van der Waals surface area contributed by atoms with Gasteiger partial charge in [0, 0.05) is 17.0 Å². The van der Waals surface area contributed by atoms with E-state index in [2.05, 4.69) is 5.32 Å². The van der Waals surface area contributed by atoms with Crippen molar-refractivity contribution in [2.45, 2.75) is 18.9 Å². The highest BCUT2D eigenvalue weighted by Gasteiger charge is 2.27. The van der Waals surface area contributed by atoms with E-state index in [9.17, 15) is 18.9 Å². The smallest absolute Gasteiger partial charge is 0.307 e. The Hall–Kier alpha value is -1.73. The van der Waals surface area contributed by atoms with Crippen LogP contribution >= 0.6 is 22.9 Å². The maximum atomic E-state index is 13.8. The first kappa shape index (κ1) is 14.2. The Labute approximate surface area is 127 Å². The predicted octanol–water partition coefficient (Wildman–Crippen LogP) is 4.69. The number of hydrogen-bond donors (Lipinski definition) is 1. The molecule has 1 unspecified atom stereocenters. The second-order valence-corrected chi connectivity index (χ2v) is 6.47. The van der Waals surface area contributed by atoms with E-state index in [0.717, 1.165) is 29.3 Å². The first-order valence-electron chi connectivity index (χ1n) is 6.14. The molecule has 0 amide bonds. The maximum Gasteiger partial charge on any atom is 0.307 e. The SMILES string of the molecule is O=[N+]([O-])c1cc(NC2CCc3sc(Cl)cc32)c(F)cc1F. The molecule has 8 heteroatoms. The Morgan fingerprint density at radius 3 is 2.81 bits per heavy atom. The molecular formula is C13H9ClF2N2O2S. The van der Waals surface area contributed by atoms with Crippen LogP contribution in [-0.4, -0.2) is 4.92 Å². The van der Waals surface area contributed by atoms with Gasteiger partial charge < -0.3 is 5.32 Å². The van der Waals surface area contributed by atoms with Crippen LogP contribution in [0.2, 0.25) is 4.34 Å². The fourth-order valence-electron chi connectivity index (χ4n) is 2.46. The summed E-state index contributed by atoms with van der Waals surface area (Å²) in [7, 11) is 0. The summed E-state index contributed by atoms with van der Waals surface area (Å²) in [6.07, 6.45) is 1.55. The summed E-state index contributed by atoms with van der Waals surface area (Å²) in [5.41, 5.74) is 0.139. The summed E-state index contributed by atoms with van der Waals surface area (Å²) >= 11 is 7.41. The number of fused-ring (bicyclic) bond motifs is 1. The fraction of sp³-hybridized carbons (Fsp3) is 0.231. The lowest BCUT2D eigenvalue weighted by atomic mass is 10.1. The Bertz CT molecular complexity index is 735. The fourth-order valence-corrected chi connectivity index (χ4v) is 3.81. The molecule has 0 bridgehead atoms. The number of anilines is 1. The first-order valence-corrected chi connectivity index (χ1v) is 7.33. The van der Waals surface area contributed by atoms with E-state index in [1.165, 1.54) is 11.3 Å². The third-order valence-electron chi connectivity index (χ3n) is 3.41. The average Bonchev–Trinajstić information content (AvgIpc) is 2.92. The van der Waals surface area contributed by atoms with E-state index in [1.807, 2.05) is 6.07 Å². The number of hydrogen-bond acceptors (Lipinski definition) is 4. The molecule has 1 aromatic carbocycles. The van der Waals surface area contributed by atoms with Crippen molar-refractivity contribution in [1.29, 1.82) is 0 Å². The van der Waals surface area contributed by atoms with Crippen LogP contribution < -0.4 is 5.32 Å². The van der Waals surface area contributed by atoms with E-state index in [-0.39, 0.29) is 11.7 Å². The molecular weight excluding hydrogens is 322 g/mol. The summed E-state index contributed by atoms with van der Waals surface area (Å²) in [5.74, 6) is -2.04. The maximum absolute atomic E-state index is 13.8. The number of aryl methyl sites for hydroxylation is 1. The average molecular weight is 331 g/mol. The lowest BCUT2D eigenvalue weighted by molar-refractivity contribution is -0.387. The van der Waals surface area contributed by atoms with E-state index in [0.29, 0.717) is 10.4 Å². The Kier molecular flexibility index (Phi) is 3.54. The molecule has 1 aliphatic rings. The Morgan fingerprint density at radius 2 is 2.10 bits per heavy atom. The molecule has 0 saturated carbocycles. The highest BCUT2D eigenvalue weighted by atomic mass is 35.5. The van der Waals surface area contributed by atoms with Gasteiger partial charge in [-0.1, -0.05) is 11.6 Å². The molecule has 3 rings (SSSR count). The molecule has 0 aliphatic heterocycles. The van der Waals surface area contributed by atoms with Crippen molar-refractivity contribution in [3.05, 3.63) is 54.7 Å². The van der Waals surface area contributed by atoms with Crippen LogP contribution in [0.4, 0.5) is 20.2 Å². The van der Waals surface area contributed by atoms with Crippen molar-refractivity contribution in [3.63, 3.8) is 0 Å². The van der Waals surface area contributed by atoms with Gasteiger partial charge >= 0.3 is 5.69 Å². The minimum Gasteiger partial charge on any atom is -0.376 e. The van der Waals surface area contributed by atoms with Gasteiger partial charge in [-0.25, -0.2) is 4.39 Å². The van der Waals surface area contributed by atoms with Gasteiger partial charge in [-0.3, -0.25) is 10.1 Å². The Morgan fingerprint density at radius 1 is 1.33 bits per heavy atom. The summed E-state index contributed by atoms with van der Waals surface area (Å²) in [4.78, 5) is 11.0. The number of rotatable bonds is 3. The van der Waals surface area contributed by atoms with Gasteiger partial charge in [0.2, 0.25) is 5.82 Å². The molecule has 0 radical (unpaired) electrons. The second-order valence-electron chi connectivity index (χ2n) is 4.71. The van der Waals surface area contributed by atoms with Crippen molar-refractivity contribution in [1.82, 2.24) is 0 Å². The van der Waals surface area contributed by atoms with Crippen LogP contribution in [0.25, 0.3) is 0 Å². The minimum absolute atomic E-state index is 0.0803. The number of halogens is 3. The zero-order valence-electron chi connectivity index (χ0n) is 10.5. The molecule has 2 aromatic rings. The van der Waals surface area contributed by atoms with E-state index >= 15 is 0 Å². The predicted molar refractivity (Wildman–Crippen MR) is 77.0 cm³/mol. The topological polar surface area (TPSA) is 55.2 Å². The zero-order chi connectivity index (χ0) is 15.1. The summed E-state index contributed by atoms with van der Waals surface area (Å²) in [6, 6.07) is 3.04. The minimum atomic E-state index is -1.19. The van der Waals surface area contributed by atoms with Gasteiger partial charge in [-0.05, 0) is 24.5 Å². The molecule has 1 atom stereocenters. The highest BCUT2D eigenvalue weighted by molar-refractivity contribution is 7.16. The quantitative estimate of drug-likeness (QED) is 0.656. The Balaban J connectivity index is 1.92. The van der Waals surface area contributed by atoms with E-state index in [4.69, 9.17) is 11.6 Å². The standard InChI is InChI=1S/C13H9ClF2N2O2S/c14-13-3-6-9(1-2-12(6)21-13)17-10-5-11(18(19)20)8(16)4-7(10)15/h3-5,9,17H,1-2H2. The second kappa shape index (κ2) is 5.23. The monoisotopic (exact) mass is 330 g/mol. The van der Waals surface area contributed by atoms with Gasteiger partial charge in [-0.15, -0.1) is 11.3 Å². The molecule has 1 N–H and O–H groups in total. The summed E-state index contributed by atoms with van der Waals surface area (Å²) in [6.45, 7) is 0. The molecule has 0 fully saturated rings. The summed E-state index contributed by atoms with van der Waals surface area (Å²) in [5, 5.41) is 13.6. The van der Waals surface area contributed by atoms with Crippen molar-refractivity contribution < 1.29 is 13.7 Å². The summed E-state index contributed by atoms with van der Waals surface area (Å²) < 4.78 is 27.7. The lowest BCUT2D eigenvalue weighted by Crippen LogP contribution is -2.09. The third-order valence-corrected chi connectivity index (χ3v) is 4.75. The number of nitro benzene ring substituents is 1. The third kappa shape index (κ3) is 2.58. The lowest BCUT2D eigenvalue weighted by Gasteiger charge is -2.15. The molecule has 1 aromatic heterocycles. The zero-order valence-corrected chi connectivity index (χ0v) is 12.1. The number of nitrogens with zero attached hydrogens (tertiary/aromatic N) is 1. The van der Waals surface area contributed by atoms with Crippen molar-refractivity contribution in [2.75, 3.05) is 5.32 Å².